The normalized spacial score (nSPS) is 18.8. The molecular weight excluding hydrogens is 346 g/mol. The van der Waals surface area contributed by atoms with Gasteiger partial charge in [0.15, 0.2) is 0 Å². The van der Waals surface area contributed by atoms with Crippen LogP contribution >= 0.6 is 0 Å². The molecule has 2 aromatic carbocycles. The van der Waals surface area contributed by atoms with Crippen LogP contribution < -0.4 is 4.90 Å². The molecule has 1 fully saturated rings. The predicted octanol–water partition coefficient (Wildman–Crippen LogP) is 4.73. The zero-order valence-electron chi connectivity index (χ0n) is 16.3. The number of nitrogens with zero attached hydrogens (tertiary/aromatic N) is 4. The van der Waals surface area contributed by atoms with Gasteiger partial charge in [0.05, 0.1) is 23.6 Å². The highest BCUT2D eigenvalue weighted by atomic mass is 15.2. The molecule has 142 valence electrons. The van der Waals surface area contributed by atoms with Crippen LogP contribution in [0.25, 0.3) is 22.2 Å². The summed E-state index contributed by atoms with van der Waals surface area (Å²) in [6, 6.07) is 17.2. The molecule has 5 rings (SSSR count). The van der Waals surface area contributed by atoms with Gasteiger partial charge in [-0.15, -0.1) is 0 Å². The SMILES string of the molecule is CC1(C)CC(Cn2cnc3cc(-c4cn[nH]c4)ccc32)CN1c1ccccc1. The van der Waals surface area contributed by atoms with Crippen LogP contribution in [0.1, 0.15) is 20.3 Å². The highest BCUT2D eigenvalue weighted by Gasteiger charge is 2.38. The smallest absolute Gasteiger partial charge is 0.0958 e. The minimum absolute atomic E-state index is 0.164. The monoisotopic (exact) mass is 371 g/mol. The third-order valence-electron chi connectivity index (χ3n) is 5.94. The number of hydrogen-bond acceptors (Lipinski definition) is 3. The van der Waals surface area contributed by atoms with Gasteiger partial charge < -0.3 is 9.47 Å². The van der Waals surface area contributed by atoms with Crippen LogP contribution in [0.5, 0.6) is 0 Å². The third kappa shape index (κ3) is 2.97. The lowest BCUT2D eigenvalue weighted by atomic mass is 9.96. The van der Waals surface area contributed by atoms with Crippen molar-refractivity contribution in [1.82, 2.24) is 19.7 Å². The minimum atomic E-state index is 0.164. The fourth-order valence-corrected chi connectivity index (χ4v) is 4.65. The number of hydrogen-bond donors (Lipinski definition) is 1. The molecule has 1 aliphatic rings. The van der Waals surface area contributed by atoms with Gasteiger partial charge in [0, 0.05) is 36.1 Å². The number of nitrogens with one attached hydrogen (secondary N) is 1. The molecule has 1 aliphatic heterocycles. The van der Waals surface area contributed by atoms with Crippen LogP contribution in [0.3, 0.4) is 0 Å². The first-order valence-electron chi connectivity index (χ1n) is 9.87. The third-order valence-corrected chi connectivity index (χ3v) is 5.94. The lowest BCUT2D eigenvalue weighted by molar-refractivity contribution is 0.434. The van der Waals surface area contributed by atoms with E-state index in [2.05, 4.69) is 87.0 Å². The van der Waals surface area contributed by atoms with Crippen molar-refractivity contribution >= 4 is 16.7 Å². The molecule has 0 spiro atoms. The van der Waals surface area contributed by atoms with E-state index >= 15 is 0 Å². The Labute approximate surface area is 165 Å². The quantitative estimate of drug-likeness (QED) is 0.564. The maximum absolute atomic E-state index is 4.66. The second-order valence-electron chi connectivity index (χ2n) is 8.42. The maximum Gasteiger partial charge on any atom is 0.0958 e. The average molecular weight is 371 g/mol. The predicted molar refractivity (Wildman–Crippen MR) is 113 cm³/mol. The second kappa shape index (κ2) is 6.51. The van der Waals surface area contributed by atoms with E-state index in [1.165, 1.54) is 17.6 Å². The highest BCUT2D eigenvalue weighted by Crippen LogP contribution is 2.37. The highest BCUT2D eigenvalue weighted by molar-refractivity contribution is 5.81. The average Bonchev–Trinajstić information content (AvgIpc) is 3.42. The number of H-pyrrole nitrogens is 1. The largest absolute Gasteiger partial charge is 0.366 e. The fourth-order valence-electron chi connectivity index (χ4n) is 4.65. The Morgan fingerprint density at radius 1 is 1.11 bits per heavy atom. The van der Waals surface area contributed by atoms with Gasteiger partial charge in [0.1, 0.15) is 0 Å². The van der Waals surface area contributed by atoms with Crippen molar-refractivity contribution in [2.24, 2.45) is 5.92 Å². The number of aromatic nitrogens is 4. The lowest BCUT2D eigenvalue weighted by Crippen LogP contribution is -2.38. The number of fused-ring (bicyclic) bond motifs is 1. The lowest BCUT2D eigenvalue weighted by Gasteiger charge is -2.33. The first-order valence-corrected chi connectivity index (χ1v) is 9.87. The zero-order chi connectivity index (χ0) is 19.1. The summed E-state index contributed by atoms with van der Waals surface area (Å²) >= 11 is 0. The zero-order valence-corrected chi connectivity index (χ0v) is 16.3. The maximum atomic E-state index is 4.66. The molecule has 3 heterocycles. The van der Waals surface area contributed by atoms with Gasteiger partial charge >= 0.3 is 0 Å². The standard InChI is InChI=1S/C23H25N5/c1-23(2)11-17(15-28(23)20-6-4-3-5-7-20)14-27-16-24-21-10-18(8-9-22(21)27)19-12-25-26-13-19/h3-10,12-13,16-17H,11,14-15H2,1-2H3,(H,25,26). The van der Waals surface area contributed by atoms with E-state index < -0.39 is 0 Å². The van der Waals surface area contributed by atoms with Crippen LogP contribution in [-0.4, -0.2) is 31.8 Å². The van der Waals surface area contributed by atoms with Crippen molar-refractivity contribution in [3.05, 3.63) is 67.3 Å². The van der Waals surface area contributed by atoms with Gasteiger partial charge in [-0.3, -0.25) is 5.10 Å². The number of benzene rings is 2. The van der Waals surface area contributed by atoms with Gasteiger partial charge in [-0.2, -0.15) is 5.10 Å². The van der Waals surface area contributed by atoms with E-state index in [-0.39, 0.29) is 5.54 Å². The molecule has 0 aliphatic carbocycles. The molecular formula is C23H25N5. The number of aromatic amines is 1. The molecule has 1 N–H and O–H groups in total. The van der Waals surface area contributed by atoms with Gasteiger partial charge in [-0.05, 0) is 56.0 Å². The Kier molecular flexibility index (Phi) is 3.97. The van der Waals surface area contributed by atoms with Gasteiger partial charge in [-0.25, -0.2) is 4.98 Å². The van der Waals surface area contributed by atoms with E-state index in [1.54, 1.807) is 0 Å². The summed E-state index contributed by atoms with van der Waals surface area (Å²) in [5.74, 6) is 0.598. The number of imidazole rings is 1. The Morgan fingerprint density at radius 2 is 1.96 bits per heavy atom. The second-order valence-corrected chi connectivity index (χ2v) is 8.42. The molecule has 2 aromatic heterocycles. The summed E-state index contributed by atoms with van der Waals surface area (Å²) in [5.41, 5.74) is 5.95. The van der Waals surface area contributed by atoms with Crippen LogP contribution in [0.2, 0.25) is 0 Å². The van der Waals surface area contributed by atoms with Crippen molar-refractivity contribution in [1.29, 1.82) is 0 Å². The van der Waals surface area contributed by atoms with Gasteiger partial charge in [-0.1, -0.05) is 24.3 Å². The summed E-state index contributed by atoms with van der Waals surface area (Å²) in [5, 5.41) is 6.92. The summed E-state index contributed by atoms with van der Waals surface area (Å²) in [6.07, 6.45) is 6.92. The first kappa shape index (κ1) is 17.0. The fraction of sp³-hybridized carbons (Fsp3) is 0.304. The number of anilines is 1. The molecule has 28 heavy (non-hydrogen) atoms. The molecule has 1 saturated heterocycles. The summed E-state index contributed by atoms with van der Waals surface area (Å²) < 4.78 is 2.31. The Morgan fingerprint density at radius 3 is 2.75 bits per heavy atom. The molecule has 5 nitrogen and oxygen atoms in total. The molecule has 0 radical (unpaired) electrons. The van der Waals surface area contributed by atoms with E-state index in [9.17, 15) is 0 Å². The van der Waals surface area contributed by atoms with Crippen LogP contribution in [0.15, 0.2) is 67.3 Å². The van der Waals surface area contributed by atoms with Crippen molar-refractivity contribution in [2.75, 3.05) is 11.4 Å². The van der Waals surface area contributed by atoms with E-state index in [0.717, 1.165) is 29.7 Å². The van der Waals surface area contributed by atoms with Gasteiger partial charge in [0.2, 0.25) is 0 Å². The van der Waals surface area contributed by atoms with E-state index in [1.807, 2.05) is 18.7 Å². The summed E-state index contributed by atoms with van der Waals surface area (Å²) in [6.45, 7) is 6.77. The van der Waals surface area contributed by atoms with Crippen molar-refractivity contribution in [2.45, 2.75) is 32.4 Å². The molecule has 1 unspecified atom stereocenters. The van der Waals surface area contributed by atoms with Gasteiger partial charge in [0.25, 0.3) is 0 Å². The molecule has 0 amide bonds. The minimum Gasteiger partial charge on any atom is -0.366 e. The first-order chi connectivity index (χ1) is 13.6. The van der Waals surface area contributed by atoms with Crippen LogP contribution in [0.4, 0.5) is 5.69 Å². The van der Waals surface area contributed by atoms with Crippen LogP contribution in [-0.2, 0) is 6.54 Å². The molecule has 0 bridgehead atoms. The van der Waals surface area contributed by atoms with Crippen LogP contribution in [0, 0.1) is 5.92 Å². The summed E-state index contributed by atoms with van der Waals surface area (Å²) in [4.78, 5) is 7.21. The molecule has 1 atom stereocenters. The molecule has 0 saturated carbocycles. The Balaban J connectivity index is 1.38. The number of para-hydroxylation sites is 1. The van der Waals surface area contributed by atoms with Crippen molar-refractivity contribution in [3.63, 3.8) is 0 Å². The van der Waals surface area contributed by atoms with E-state index in [4.69, 9.17) is 0 Å². The Bertz CT molecular complexity index is 1080. The summed E-state index contributed by atoms with van der Waals surface area (Å²) in [7, 11) is 0. The van der Waals surface area contributed by atoms with Crippen molar-refractivity contribution in [3.8, 4) is 11.1 Å². The molecule has 4 aromatic rings. The van der Waals surface area contributed by atoms with Crippen molar-refractivity contribution < 1.29 is 0 Å². The topological polar surface area (TPSA) is 49.7 Å². The number of rotatable bonds is 4. The molecule has 5 heteroatoms. The van der Waals surface area contributed by atoms with E-state index in [0.29, 0.717) is 5.92 Å². The Hall–Kier alpha value is -3.08.